The number of aromatic amines is 1. The third-order valence-electron chi connectivity index (χ3n) is 2.99. The molecule has 0 bridgehead atoms. The van der Waals surface area contributed by atoms with Crippen molar-refractivity contribution in [3.63, 3.8) is 0 Å². The van der Waals surface area contributed by atoms with Crippen molar-refractivity contribution in [1.82, 2.24) is 15.2 Å². The molecule has 0 atom stereocenters. The summed E-state index contributed by atoms with van der Waals surface area (Å²) >= 11 is 0. The number of carbonyl (C=O) groups is 1. The number of nitrogens with two attached hydrogens (primary N) is 1. The molecule has 0 radical (unpaired) electrons. The van der Waals surface area contributed by atoms with E-state index in [1.165, 1.54) is 0 Å². The fraction of sp³-hybridized carbons (Fsp3) is 0.364. The lowest BCUT2D eigenvalue weighted by Gasteiger charge is -2.26. The number of hydrogen-bond donors (Lipinski definition) is 3. The van der Waals surface area contributed by atoms with Gasteiger partial charge in [-0.05, 0) is 0 Å². The van der Waals surface area contributed by atoms with Crippen LogP contribution in [-0.4, -0.2) is 47.5 Å². The van der Waals surface area contributed by atoms with Gasteiger partial charge >= 0.3 is 6.03 Å². The molecule has 19 heavy (non-hydrogen) atoms. The van der Waals surface area contributed by atoms with Crippen LogP contribution in [0.2, 0.25) is 0 Å². The maximum absolute atomic E-state index is 10.8. The Morgan fingerprint density at radius 1 is 1.47 bits per heavy atom. The summed E-state index contributed by atoms with van der Waals surface area (Å²) in [5.41, 5.74) is 5.86. The fourth-order valence-corrected chi connectivity index (χ4v) is 2.11. The minimum Gasteiger partial charge on any atom is -0.378 e. The molecule has 3 rings (SSSR count). The van der Waals surface area contributed by atoms with Crippen molar-refractivity contribution in [2.24, 2.45) is 5.73 Å². The van der Waals surface area contributed by atoms with Crippen LogP contribution in [0.1, 0.15) is 0 Å². The standard InChI is InChI=1S/C11H14N6O2/c12-11(18)14-9-5-8-7(6-13-9)10(16-15-8)17-1-3-19-4-2-17/h5-6H,1-4H2,(H,15,16)(H3,12,13,14,18). The monoisotopic (exact) mass is 262 g/mol. The SMILES string of the molecule is NC(=O)Nc1cc2[nH]nc(N3CCOCC3)c2cn1. The molecule has 8 heteroatoms. The zero-order valence-electron chi connectivity index (χ0n) is 10.2. The van der Waals surface area contributed by atoms with E-state index < -0.39 is 6.03 Å². The first-order chi connectivity index (χ1) is 9.24. The molecule has 1 fully saturated rings. The van der Waals surface area contributed by atoms with Gasteiger partial charge in [-0.15, -0.1) is 0 Å². The average Bonchev–Trinajstić information content (AvgIpc) is 2.82. The number of anilines is 2. The first-order valence-electron chi connectivity index (χ1n) is 5.97. The molecule has 1 saturated heterocycles. The molecule has 0 unspecified atom stereocenters. The predicted molar refractivity (Wildman–Crippen MR) is 70.1 cm³/mol. The number of rotatable bonds is 2. The van der Waals surface area contributed by atoms with E-state index in [1.807, 2.05) is 0 Å². The van der Waals surface area contributed by atoms with E-state index in [-0.39, 0.29) is 0 Å². The largest absolute Gasteiger partial charge is 0.378 e. The summed E-state index contributed by atoms with van der Waals surface area (Å²) in [6, 6.07) is 1.07. The summed E-state index contributed by atoms with van der Waals surface area (Å²) in [6.45, 7) is 3.01. The van der Waals surface area contributed by atoms with Crippen molar-refractivity contribution in [2.75, 3.05) is 36.5 Å². The van der Waals surface area contributed by atoms with E-state index in [9.17, 15) is 4.79 Å². The number of morpholine rings is 1. The van der Waals surface area contributed by atoms with Crippen molar-refractivity contribution in [1.29, 1.82) is 0 Å². The second-order valence-corrected chi connectivity index (χ2v) is 4.25. The minimum absolute atomic E-state index is 0.400. The Bertz CT molecular complexity index is 604. The van der Waals surface area contributed by atoms with Crippen LogP contribution >= 0.6 is 0 Å². The average molecular weight is 262 g/mol. The first-order valence-corrected chi connectivity index (χ1v) is 5.97. The van der Waals surface area contributed by atoms with Gasteiger partial charge in [0.1, 0.15) is 5.82 Å². The summed E-state index contributed by atoms with van der Waals surface area (Å²) in [6.07, 6.45) is 1.68. The highest BCUT2D eigenvalue weighted by Gasteiger charge is 2.17. The molecule has 2 aromatic heterocycles. The predicted octanol–water partition coefficient (Wildman–Crippen LogP) is 0.285. The number of nitrogens with one attached hydrogen (secondary N) is 2. The number of ether oxygens (including phenoxy) is 1. The summed E-state index contributed by atoms with van der Waals surface area (Å²) in [5, 5.41) is 10.6. The maximum Gasteiger partial charge on any atom is 0.317 e. The van der Waals surface area contributed by atoms with Crippen LogP contribution in [0.4, 0.5) is 16.4 Å². The van der Waals surface area contributed by atoms with Crippen LogP contribution in [-0.2, 0) is 4.74 Å². The van der Waals surface area contributed by atoms with Crippen molar-refractivity contribution in [3.8, 4) is 0 Å². The van der Waals surface area contributed by atoms with Crippen LogP contribution < -0.4 is 16.0 Å². The van der Waals surface area contributed by atoms with E-state index >= 15 is 0 Å². The quantitative estimate of drug-likeness (QED) is 0.720. The Balaban J connectivity index is 1.92. The maximum atomic E-state index is 10.8. The van der Waals surface area contributed by atoms with Crippen LogP contribution in [0, 0.1) is 0 Å². The topological polar surface area (TPSA) is 109 Å². The Morgan fingerprint density at radius 2 is 2.26 bits per heavy atom. The summed E-state index contributed by atoms with van der Waals surface area (Å²) in [5.74, 6) is 1.26. The highest BCUT2D eigenvalue weighted by atomic mass is 16.5. The Labute approximate surface area is 108 Å². The van der Waals surface area contributed by atoms with Crippen LogP contribution in [0.3, 0.4) is 0 Å². The normalized spacial score (nSPS) is 15.7. The first kappa shape index (κ1) is 11.7. The second-order valence-electron chi connectivity index (χ2n) is 4.25. The molecule has 4 N–H and O–H groups in total. The summed E-state index contributed by atoms with van der Waals surface area (Å²) in [7, 11) is 0. The van der Waals surface area contributed by atoms with Crippen LogP contribution in [0.5, 0.6) is 0 Å². The molecule has 0 aliphatic carbocycles. The van der Waals surface area contributed by atoms with Gasteiger partial charge in [-0.25, -0.2) is 9.78 Å². The van der Waals surface area contributed by atoms with E-state index in [2.05, 4.69) is 25.4 Å². The molecule has 0 aromatic carbocycles. The van der Waals surface area contributed by atoms with E-state index in [0.717, 1.165) is 29.8 Å². The van der Waals surface area contributed by atoms with E-state index in [4.69, 9.17) is 10.5 Å². The molecule has 2 aromatic rings. The molecule has 2 amide bonds. The number of hydrogen-bond acceptors (Lipinski definition) is 5. The molecule has 0 saturated carbocycles. The van der Waals surface area contributed by atoms with Crippen LogP contribution in [0.25, 0.3) is 10.9 Å². The van der Waals surface area contributed by atoms with Crippen molar-refractivity contribution in [2.45, 2.75) is 0 Å². The molecule has 0 spiro atoms. The number of aromatic nitrogens is 3. The molecule has 8 nitrogen and oxygen atoms in total. The number of pyridine rings is 1. The van der Waals surface area contributed by atoms with Gasteiger partial charge in [0.05, 0.1) is 24.1 Å². The molecular formula is C11H14N6O2. The highest BCUT2D eigenvalue weighted by molar-refractivity contribution is 5.93. The van der Waals surface area contributed by atoms with Gasteiger partial charge in [-0.3, -0.25) is 10.4 Å². The number of H-pyrrole nitrogens is 1. The number of fused-ring (bicyclic) bond motifs is 1. The Morgan fingerprint density at radius 3 is 3.00 bits per heavy atom. The highest BCUT2D eigenvalue weighted by Crippen LogP contribution is 2.25. The lowest BCUT2D eigenvalue weighted by Crippen LogP contribution is -2.36. The van der Waals surface area contributed by atoms with Gasteiger partial charge in [0, 0.05) is 25.4 Å². The lowest BCUT2D eigenvalue weighted by atomic mass is 10.3. The molecular weight excluding hydrogens is 248 g/mol. The van der Waals surface area contributed by atoms with Crippen molar-refractivity contribution >= 4 is 28.6 Å². The minimum atomic E-state index is -0.639. The van der Waals surface area contributed by atoms with Gasteiger partial charge in [0.25, 0.3) is 0 Å². The Hall–Kier alpha value is -2.35. The van der Waals surface area contributed by atoms with Crippen molar-refractivity contribution < 1.29 is 9.53 Å². The zero-order chi connectivity index (χ0) is 13.2. The summed E-state index contributed by atoms with van der Waals surface area (Å²) in [4.78, 5) is 17.1. The Kier molecular flexibility index (Phi) is 2.92. The molecule has 3 heterocycles. The third-order valence-corrected chi connectivity index (χ3v) is 2.99. The molecule has 1 aliphatic heterocycles. The van der Waals surface area contributed by atoms with Gasteiger partial charge in [0.2, 0.25) is 0 Å². The second kappa shape index (κ2) is 4.73. The van der Waals surface area contributed by atoms with Crippen LogP contribution in [0.15, 0.2) is 12.3 Å². The van der Waals surface area contributed by atoms with Crippen molar-refractivity contribution in [3.05, 3.63) is 12.3 Å². The lowest BCUT2D eigenvalue weighted by molar-refractivity contribution is 0.122. The number of urea groups is 1. The number of carbonyl (C=O) groups excluding carboxylic acids is 1. The molecule has 1 aliphatic rings. The number of primary amides is 1. The van der Waals surface area contributed by atoms with E-state index in [1.54, 1.807) is 12.3 Å². The third kappa shape index (κ3) is 2.29. The smallest absolute Gasteiger partial charge is 0.317 e. The zero-order valence-corrected chi connectivity index (χ0v) is 10.2. The fourth-order valence-electron chi connectivity index (χ4n) is 2.11. The van der Waals surface area contributed by atoms with Gasteiger partial charge < -0.3 is 15.4 Å². The van der Waals surface area contributed by atoms with E-state index in [0.29, 0.717) is 19.0 Å². The summed E-state index contributed by atoms with van der Waals surface area (Å²) < 4.78 is 5.32. The molecule has 100 valence electrons. The van der Waals surface area contributed by atoms with Gasteiger partial charge in [-0.1, -0.05) is 0 Å². The van der Waals surface area contributed by atoms with Gasteiger partial charge in [0.15, 0.2) is 5.82 Å². The number of nitrogens with zero attached hydrogens (tertiary/aromatic N) is 3. The van der Waals surface area contributed by atoms with Gasteiger partial charge in [-0.2, -0.15) is 5.10 Å². The number of amides is 2.